The van der Waals surface area contributed by atoms with Crippen LogP contribution in [-0.4, -0.2) is 54.8 Å². The molecule has 21 heavy (non-hydrogen) atoms. The highest BCUT2D eigenvalue weighted by Gasteiger charge is 2.39. The van der Waals surface area contributed by atoms with Crippen molar-refractivity contribution >= 4 is 8.80 Å². The minimum absolute atomic E-state index is 0.660. The smallest absolute Gasteiger partial charge is 0.374 e. The maximum atomic E-state index is 5.76. The van der Waals surface area contributed by atoms with Gasteiger partial charge in [-0.25, -0.2) is 0 Å². The largest absolute Gasteiger partial charge is 0.500 e. The van der Waals surface area contributed by atoms with Gasteiger partial charge in [-0.15, -0.1) is 0 Å². The minimum atomic E-state index is -2.39. The number of nitrogens with one attached hydrogen (secondary N) is 2. The van der Waals surface area contributed by atoms with E-state index >= 15 is 0 Å². The summed E-state index contributed by atoms with van der Waals surface area (Å²) in [6, 6.07) is 0.898. The molecule has 0 saturated carbocycles. The predicted molar refractivity (Wildman–Crippen MR) is 92.8 cm³/mol. The van der Waals surface area contributed by atoms with Crippen LogP contribution in [0.2, 0.25) is 6.04 Å². The Morgan fingerprint density at radius 2 is 1.10 bits per heavy atom. The Kier molecular flexibility index (Phi) is 20.0. The first-order chi connectivity index (χ1) is 10.2. The normalized spacial score (nSPS) is 11.1. The molecule has 0 atom stereocenters. The summed E-state index contributed by atoms with van der Waals surface area (Å²) in [6.45, 7) is 18.5. The third kappa shape index (κ3) is 14.7. The monoisotopic (exact) mass is 322 g/mol. The fourth-order valence-corrected chi connectivity index (χ4v) is 4.47. The van der Waals surface area contributed by atoms with Crippen molar-refractivity contribution in [3.63, 3.8) is 0 Å². The Bertz CT molecular complexity index is 179. The molecule has 130 valence electrons. The van der Waals surface area contributed by atoms with E-state index in [-0.39, 0.29) is 0 Å². The van der Waals surface area contributed by atoms with Crippen molar-refractivity contribution in [3.05, 3.63) is 0 Å². The molecule has 0 aliphatic heterocycles. The van der Waals surface area contributed by atoms with Gasteiger partial charge in [-0.1, -0.05) is 20.8 Å². The lowest BCUT2D eigenvalue weighted by Gasteiger charge is -2.28. The van der Waals surface area contributed by atoms with Crippen LogP contribution in [0.1, 0.15) is 48.0 Å². The van der Waals surface area contributed by atoms with Crippen LogP contribution in [-0.2, 0) is 13.3 Å². The van der Waals surface area contributed by atoms with E-state index in [1.807, 2.05) is 20.8 Å². The Morgan fingerprint density at radius 1 is 0.667 bits per heavy atom. The van der Waals surface area contributed by atoms with Gasteiger partial charge in [0.1, 0.15) is 0 Å². The number of rotatable bonds is 13. The van der Waals surface area contributed by atoms with Crippen LogP contribution in [0.4, 0.5) is 0 Å². The van der Waals surface area contributed by atoms with E-state index in [0.29, 0.717) is 19.8 Å². The maximum absolute atomic E-state index is 5.76. The summed E-state index contributed by atoms with van der Waals surface area (Å²) in [5, 5.41) is 6.41. The molecular formula is C15H38N2O3Si. The average molecular weight is 323 g/mol. The van der Waals surface area contributed by atoms with Crippen molar-refractivity contribution in [3.8, 4) is 0 Å². The van der Waals surface area contributed by atoms with Crippen molar-refractivity contribution in [1.29, 1.82) is 0 Å². The van der Waals surface area contributed by atoms with Gasteiger partial charge in [-0.05, 0) is 53.4 Å². The van der Waals surface area contributed by atoms with Gasteiger partial charge in [0.25, 0.3) is 0 Å². The second-order valence-corrected chi connectivity index (χ2v) is 7.13. The SMILES string of the molecule is CCNCC.CCNCCC[Si](OCC)(OCC)OCC. The van der Waals surface area contributed by atoms with Crippen molar-refractivity contribution in [2.45, 2.75) is 54.0 Å². The molecule has 0 saturated heterocycles. The quantitative estimate of drug-likeness (QED) is 0.403. The molecule has 0 radical (unpaired) electrons. The lowest BCUT2D eigenvalue weighted by atomic mass is 10.5. The number of hydrogen-bond acceptors (Lipinski definition) is 5. The van der Waals surface area contributed by atoms with E-state index in [1.54, 1.807) is 0 Å². The first-order valence-corrected chi connectivity index (χ1v) is 10.4. The van der Waals surface area contributed by atoms with Gasteiger partial charge in [-0.2, -0.15) is 0 Å². The minimum Gasteiger partial charge on any atom is -0.374 e. The Balaban J connectivity index is 0. The summed E-state index contributed by atoms with van der Waals surface area (Å²) >= 11 is 0. The van der Waals surface area contributed by atoms with Crippen LogP contribution in [0.25, 0.3) is 0 Å². The van der Waals surface area contributed by atoms with Gasteiger partial charge in [0.2, 0.25) is 0 Å². The second-order valence-electron chi connectivity index (χ2n) is 4.40. The molecule has 0 aromatic heterocycles. The molecule has 0 bridgehead atoms. The van der Waals surface area contributed by atoms with E-state index in [9.17, 15) is 0 Å². The zero-order valence-electron chi connectivity index (χ0n) is 15.1. The summed E-state index contributed by atoms with van der Waals surface area (Å²) < 4.78 is 17.3. The molecule has 0 spiro atoms. The molecule has 0 aromatic carbocycles. The third-order valence-electron chi connectivity index (χ3n) is 2.68. The van der Waals surface area contributed by atoms with E-state index in [4.69, 9.17) is 13.3 Å². The van der Waals surface area contributed by atoms with Crippen LogP contribution in [0.15, 0.2) is 0 Å². The van der Waals surface area contributed by atoms with Crippen molar-refractivity contribution in [1.82, 2.24) is 10.6 Å². The molecule has 0 aliphatic rings. The molecule has 0 amide bonds. The molecule has 0 fully saturated rings. The Labute approximate surface area is 133 Å². The summed E-state index contributed by atoms with van der Waals surface area (Å²) in [4.78, 5) is 0. The Hall–Kier alpha value is 0.0169. The second kappa shape index (κ2) is 18.1. The lowest BCUT2D eigenvalue weighted by molar-refractivity contribution is 0.0708. The molecule has 0 heterocycles. The highest BCUT2D eigenvalue weighted by molar-refractivity contribution is 6.60. The van der Waals surface area contributed by atoms with E-state index in [2.05, 4.69) is 31.4 Å². The zero-order valence-corrected chi connectivity index (χ0v) is 16.1. The van der Waals surface area contributed by atoms with Crippen LogP contribution in [0, 0.1) is 0 Å². The lowest BCUT2D eigenvalue weighted by Crippen LogP contribution is -2.46. The highest BCUT2D eigenvalue weighted by atomic mass is 28.4. The fourth-order valence-electron chi connectivity index (χ4n) is 1.86. The highest BCUT2D eigenvalue weighted by Crippen LogP contribution is 2.17. The molecule has 2 N–H and O–H groups in total. The number of hydrogen-bond donors (Lipinski definition) is 2. The molecule has 6 heteroatoms. The summed E-state index contributed by atoms with van der Waals surface area (Å²) in [5.74, 6) is 0. The van der Waals surface area contributed by atoms with E-state index < -0.39 is 8.80 Å². The first-order valence-electron chi connectivity index (χ1n) is 8.49. The van der Waals surface area contributed by atoms with Crippen LogP contribution in [0.3, 0.4) is 0 Å². The van der Waals surface area contributed by atoms with Gasteiger partial charge >= 0.3 is 8.80 Å². The van der Waals surface area contributed by atoms with Crippen molar-refractivity contribution < 1.29 is 13.3 Å². The fraction of sp³-hybridized carbons (Fsp3) is 1.00. The molecule has 0 aromatic rings. The molecular weight excluding hydrogens is 284 g/mol. The maximum Gasteiger partial charge on any atom is 0.500 e. The van der Waals surface area contributed by atoms with Gasteiger partial charge in [-0.3, -0.25) is 0 Å². The predicted octanol–water partition coefficient (Wildman–Crippen LogP) is 2.65. The summed E-state index contributed by atoms with van der Waals surface area (Å²) in [6.07, 6.45) is 1.04. The van der Waals surface area contributed by atoms with Gasteiger partial charge in [0.05, 0.1) is 0 Å². The van der Waals surface area contributed by atoms with Gasteiger partial charge in [0.15, 0.2) is 0 Å². The van der Waals surface area contributed by atoms with Crippen LogP contribution < -0.4 is 10.6 Å². The standard InChI is InChI=1S/C11H27NO3Si.C4H11N/c1-5-12-10-9-11-16(13-6-2,14-7-3)15-8-4;1-3-5-4-2/h12H,5-11H2,1-4H3;5H,3-4H2,1-2H3. The van der Waals surface area contributed by atoms with Crippen LogP contribution in [0.5, 0.6) is 0 Å². The van der Waals surface area contributed by atoms with Crippen molar-refractivity contribution in [2.24, 2.45) is 0 Å². The first kappa shape index (κ1) is 23.3. The summed E-state index contributed by atoms with van der Waals surface area (Å²) in [7, 11) is -2.39. The van der Waals surface area contributed by atoms with Crippen LogP contribution >= 0.6 is 0 Å². The molecule has 5 nitrogen and oxygen atoms in total. The third-order valence-corrected chi connectivity index (χ3v) is 5.83. The van der Waals surface area contributed by atoms with Gasteiger partial charge in [0, 0.05) is 25.9 Å². The summed E-state index contributed by atoms with van der Waals surface area (Å²) in [5.41, 5.74) is 0. The zero-order chi connectivity index (χ0) is 16.4. The Morgan fingerprint density at radius 3 is 1.38 bits per heavy atom. The van der Waals surface area contributed by atoms with Gasteiger partial charge < -0.3 is 23.9 Å². The topological polar surface area (TPSA) is 51.8 Å². The van der Waals surface area contributed by atoms with E-state index in [1.165, 1.54) is 0 Å². The van der Waals surface area contributed by atoms with E-state index in [0.717, 1.165) is 38.6 Å². The molecule has 0 rings (SSSR count). The molecule has 0 aliphatic carbocycles. The average Bonchev–Trinajstić information content (AvgIpc) is 2.46. The van der Waals surface area contributed by atoms with Crippen molar-refractivity contribution in [2.75, 3.05) is 46.0 Å². The molecule has 0 unspecified atom stereocenters.